The van der Waals surface area contributed by atoms with Gasteiger partial charge in [0, 0.05) is 6.54 Å². The molecule has 2 amide bonds. The molecule has 0 unspecified atom stereocenters. The van der Waals surface area contributed by atoms with Gasteiger partial charge >= 0.3 is 0 Å². The maximum Gasteiger partial charge on any atom is 0.261 e. The number of carbonyl (C=O) groups is 2. The summed E-state index contributed by atoms with van der Waals surface area (Å²) in [4.78, 5) is 24.1. The number of halogens is 1. The van der Waals surface area contributed by atoms with Crippen molar-refractivity contribution in [1.82, 2.24) is 10.6 Å². The molecule has 0 aliphatic heterocycles. The summed E-state index contributed by atoms with van der Waals surface area (Å²) in [6.07, 6.45) is 0. The van der Waals surface area contributed by atoms with Gasteiger partial charge in [-0.15, -0.1) is 11.3 Å². The number of hydrogen-bond acceptors (Lipinski definition) is 4. The molecule has 22 heavy (non-hydrogen) atoms. The Balaban J connectivity index is 1.77. The Bertz CT molecular complexity index is 672. The summed E-state index contributed by atoms with van der Waals surface area (Å²) < 4.78 is 5.99. The lowest BCUT2D eigenvalue weighted by Gasteiger charge is -2.07. The summed E-state index contributed by atoms with van der Waals surface area (Å²) in [6.45, 7) is 0.328. The summed E-state index contributed by atoms with van der Waals surface area (Å²) in [7, 11) is 1.59. The zero-order chi connectivity index (χ0) is 15.9. The van der Waals surface area contributed by atoms with Crippen molar-refractivity contribution in [1.29, 1.82) is 0 Å². The lowest BCUT2D eigenvalue weighted by Crippen LogP contribution is -2.36. The highest BCUT2D eigenvalue weighted by atomic mass is 79.9. The molecule has 5 nitrogen and oxygen atoms in total. The van der Waals surface area contributed by atoms with Crippen molar-refractivity contribution in [2.24, 2.45) is 0 Å². The van der Waals surface area contributed by atoms with Crippen LogP contribution in [0.25, 0.3) is 0 Å². The van der Waals surface area contributed by atoms with Crippen LogP contribution in [0.2, 0.25) is 0 Å². The van der Waals surface area contributed by atoms with Gasteiger partial charge in [0.05, 0.1) is 22.3 Å². The minimum absolute atomic E-state index is 0.0572. The van der Waals surface area contributed by atoms with Gasteiger partial charge in [-0.25, -0.2) is 0 Å². The molecule has 0 atom stereocenters. The van der Waals surface area contributed by atoms with Gasteiger partial charge in [-0.1, -0.05) is 12.1 Å². The third-order valence-corrected chi connectivity index (χ3v) is 4.45. The standard InChI is InChI=1S/C15H15BrN2O3S/c1-21-11-4-2-3-10(7-11)8-17-14(19)9-18-15(20)12-5-6-13(16)22-12/h2-7H,8-9H2,1H3,(H,17,19)(H,18,20). The second-order valence-electron chi connectivity index (χ2n) is 4.41. The molecule has 0 aliphatic carbocycles. The van der Waals surface area contributed by atoms with E-state index in [0.717, 1.165) is 15.1 Å². The van der Waals surface area contributed by atoms with E-state index in [1.165, 1.54) is 11.3 Å². The quantitative estimate of drug-likeness (QED) is 0.806. The highest BCUT2D eigenvalue weighted by Gasteiger charge is 2.10. The van der Waals surface area contributed by atoms with Crippen molar-refractivity contribution in [2.45, 2.75) is 6.54 Å². The first kappa shape index (κ1) is 16.5. The molecule has 7 heteroatoms. The number of hydrogen-bond donors (Lipinski definition) is 2. The van der Waals surface area contributed by atoms with Gasteiger partial charge < -0.3 is 15.4 Å². The number of rotatable bonds is 6. The molecular weight excluding hydrogens is 368 g/mol. The van der Waals surface area contributed by atoms with E-state index < -0.39 is 0 Å². The number of ether oxygens (including phenoxy) is 1. The molecule has 2 aromatic rings. The van der Waals surface area contributed by atoms with E-state index in [4.69, 9.17) is 4.74 Å². The Hall–Kier alpha value is -1.86. The average Bonchev–Trinajstić information content (AvgIpc) is 2.97. The fourth-order valence-electron chi connectivity index (χ4n) is 1.73. The van der Waals surface area contributed by atoms with Crippen LogP contribution in [-0.4, -0.2) is 25.5 Å². The highest BCUT2D eigenvalue weighted by molar-refractivity contribution is 9.11. The Morgan fingerprint density at radius 1 is 1.23 bits per heavy atom. The Morgan fingerprint density at radius 3 is 2.73 bits per heavy atom. The smallest absolute Gasteiger partial charge is 0.261 e. The van der Waals surface area contributed by atoms with Crippen LogP contribution in [0.15, 0.2) is 40.2 Å². The van der Waals surface area contributed by atoms with E-state index in [1.54, 1.807) is 19.2 Å². The van der Waals surface area contributed by atoms with Crippen molar-refractivity contribution in [2.75, 3.05) is 13.7 Å². The third-order valence-electron chi connectivity index (χ3n) is 2.83. The van der Waals surface area contributed by atoms with Gasteiger partial charge in [-0.05, 0) is 45.8 Å². The molecule has 1 aromatic carbocycles. The number of nitrogens with one attached hydrogen (secondary N) is 2. The minimum atomic E-state index is -0.257. The Kier molecular flexibility index (Phi) is 5.97. The fourth-order valence-corrected chi connectivity index (χ4v) is 3.03. The molecule has 1 heterocycles. The first-order chi connectivity index (χ1) is 10.6. The molecule has 0 bridgehead atoms. The van der Waals surface area contributed by atoms with Gasteiger partial charge in [0.25, 0.3) is 5.91 Å². The average molecular weight is 383 g/mol. The number of amides is 2. The summed E-state index contributed by atoms with van der Waals surface area (Å²) in [5.41, 5.74) is 0.932. The predicted molar refractivity (Wildman–Crippen MR) is 89.2 cm³/mol. The number of carbonyl (C=O) groups excluding carboxylic acids is 2. The lowest BCUT2D eigenvalue weighted by atomic mass is 10.2. The molecule has 0 fully saturated rings. The predicted octanol–water partition coefficient (Wildman–Crippen LogP) is 2.57. The van der Waals surface area contributed by atoms with E-state index in [-0.39, 0.29) is 18.4 Å². The zero-order valence-corrected chi connectivity index (χ0v) is 14.3. The Morgan fingerprint density at radius 2 is 2.05 bits per heavy atom. The summed E-state index contributed by atoms with van der Waals surface area (Å²) in [6, 6.07) is 10.9. The summed E-state index contributed by atoms with van der Waals surface area (Å²) >= 11 is 4.61. The van der Waals surface area contributed by atoms with Crippen molar-refractivity contribution in [3.8, 4) is 5.75 Å². The first-order valence-electron chi connectivity index (χ1n) is 6.51. The zero-order valence-electron chi connectivity index (χ0n) is 11.9. The van der Waals surface area contributed by atoms with Gasteiger partial charge in [0.1, 0.15) is 5.75 Å². The van der Waals surface area contributed by atoms with Crippen LogP contribution >= 0.6 is 27.3 Å². The fraction of sp³-hybridized carbons (Fsp3) is 0.200. The molecule has 0 aliphatic rings. The number of benzene rings is 1. The van der Waals surface area contributed by atoms with Crippen LogP contribution in [0.3, 0.4) is 0 Å². The number of methoxy groups -OCH3 is 1. The topological polar surface area (TPSA) is 67.4 Å². The van der Waals surface area contributed by atoms with E-state index in [9.17, 15) is 9.59 Å². The van der Waals surface area contributed by atoms with E-state index in [2.05, 4.69) is 26.6 Å². The number of thiophene rings is 1. The maximum atomic E-state index is 11.8. The normalized spacial score (nSPS) is 10.1. The van der Waals surface area contributed by atoms with Crippen molar-refractivity contribution >= 4 is 39.1 Å². The van der Waals surface area contributed by atoms with Gasteiger partial charge in [0.15, 0.2) is 0 Å². The third kappa shape index (κ3) is 4.85. The van der Waals surface area contributed by atoms with Gasteiger partial charge in [-0.3, -0.25) is 9.59 Å². The molecular formula is C15H15BrN2O3S. The van der Waals surface area contributed by atoms with Crippen molar-refractivity contribution < 1.29 is 14.3 Å². The summed E-state index contributed by atoms with van der Waals surface area (Å²) in [5.74, 6) is 0.238. The van der Waals surface area contributed by atoms with Crippen LogP contribution < -0.4 is 15.4 Å². The molecule has 1 aromatic heterocycles. The van der Waals surface area contributed by atoms with Crippen molar-refractivity contribution in [3.63, 3.8) is 0 Å². The van der Waals surface area contributed by atoms with Crippen LogP contribution in [0.5, 0.6) is 5.75 Å². The first-order valence-corrected chi connectivity index (χ1v) is 8.12. The molecule has 0 radical (unpaired) electrons. The second kappa shape index (κ2) is 7.95. The van der Waals surface area contributed by atoms with Gasteiger partial charge in [0.2, 0.25) is 5.91 Å². The van der Waals surface area contributed by atoms with Gasteiger partial charge in [-0.2, -0.15) is 0 Å². The van der Waals surface area contributed by atoms with Crippen molar-refractivity contribution in [3.05, 3.63) is 50.6 Å². The molecule has 0 spiro atoms. The lowest BCUT2D eigenvalue weighted by molar-refractivity contribution is -0.120. The summed E-state index contributed by atoms with van der Waals surface area (Å²) in [5, 5.41) is 5.33. The second-order valence-corrected chi connectivity index (χ2v) is 6.88. The highest BCUT2D eigenvalue weighted by Crippen LogP contribution is 2.21. The van der Waals surface area contributed by atoms with E-state index >= 15 is 0 Å². The van der Waals surface area contributed by atoms with Crippen LogP contribution in [0.4, 0.5) is 0 Å². The SMILES string of the molecule is COc1cccc(CNC(=O)CNC(=O)c2ccc(Br)s2)c1. The monoisotopic (exact) mass is 382 g/mol. The van der Waals surface area contributed by atoms with E-state index in [0.29, 0.717) is 11.4 Å². The molecule has 2 rings (SSSR count). The Labute approximate surface area is 140 Å². The van der Waals surface area contributed by atoms with Crippen LogP contribution in [0, 0.1) is 0 Å². The molecule has 0 saturated heterocycles. The minimum Gasteiger partial charge on any atom is -0.497 e. The molecule has 0 saturated carbocycles. The maximum absolute atomic E-state index is 11.8. The van der Waals surface area contributed by atoms with Crippen LogP contribution in [-0.2, 0) is 11.3 Å². The molecule has 2 N–H and O–H groups in total. The largest absolute Gasteiger partial charge is 0.497 e. The molecule has 116 valence electrons. The van der Waals surface area contributed by atoms with E-state index in [1.807, 2.05) is 24.3 Å². The van der Waals surface area contributed by atoms with Crippen LogP contribution in [0.1, 0.15) is 15.2 Å².